The Labute approximate surface area is 195 Å². The average molecular weight is 458 g/mol. The molecule has 4 rings (SSSR count). The SMILES string of the molecule is CN1CCN(c2cccc(N(CCCCCc3nc(C4CC4)no3)C(=O)CCCF)c2)CC1. The quantitative estimate of drug-likeness (QED) is 0.445. The summed E-state index contributed by atoms with van der Waals surface area (Å²) in [7, 11) is 2.14. The standard InChI is InChI=1S/C25H36FN5O2/c1-29-15-17-30(18-16-29)21-7-5-8-22(19-21)31(24(32)10-6-13-26)14-4-2-3-9-23-27-25(28-33-23)20-11-12-20/h5,7-8,19-20H,2-4,6,9-18H2,1H3. The minimum Gasteiger partial charge on any atom is -0.369 e. The van der Waals surface area contributed by atoms with Gasteiger partial charge in [0.15, 0.2) is 5.82 Å². The number of rotatable bonds is 12. The van der Waals surface area contributed by atoms with Gasteiger partial charge in [0.1, 0.15) is 0 Å². The fraction of sp³-hybridized carbons (Fsp3) is 0.640. The van der Waals surface area contributed by atoms with Gasteiger partial charge in [0, 0.05) is 62.9 Å². The number of hydrogen-bond acceptors (Lipinski definition) is 6. The summed E-state index contributed by atoms with van der Waals surface area (Å²) in [5.41, 5.74) is 2.05. The van der Waals surface area contributed by atoms with Crippen LogP contribution in [0, 0.1) is 0 Å². The van der Waals surface area contributed by atoms with Gasteiger partial charge in [-0.1, -0.05) is 17.6 Å². The molecule has 1 saturated carbocycles. The zero-order valence-corrected chi connectivity index (χ0v) is 19.7. The molecule has 0 radical (unpaired) electrons. The second kappa shape index (κ2) is 11.6. The first-order valence-electron chi connectivity index (χ1n) is 12.4. The summed E-state index contributed by atoms with van der Waals surface area (Å²) in [6.45, 7) is 4.20. The van der Waals surface area contributed by atoms with E-state index in [1.54, 1.807) is 0 Å². The van der Waals surface area contributed by atoms with Crippen molar-refractivity contribution in [3.8, 4) is 0 Å². The maximum Gasteiger partial charge on any atom is 0.227 e. The largest absolute Gasteiger partial charge is 0.369 e. The van der Waals surface area contributed by atoms with Crippen molar-refractivity contribution in [1.29, 1.82) is 0 Å². The molecule has 1 aromatic carbocycles. The molecule has 180 valence electrons. The molecule has 0 N–H and O–H groups in total. The Bertz CT molecular complexity index is 892. The summed E-state index contributed by atoms with van der Waals surface area (Å²) in [4.78, 5) is 23.9. The van der Waals surface area contributed by atoms with Crippen LogP contribution in [0.25, 0.3) is 0 Å². The van der Waals surface area contributed by atoms with Crippen LogP contribution in [0.2, 0.25) is 0 Å². The number of piperazine rings is 1. The van der Waals surface area contributed by atoms with Gasteiger partial charge in [0.25, 0.3) is 0 Å². The van der Waals surface area contributed by atoms with Gasteiger partial charge in [0.05, 0.1) is 6.67 Å². The molecule has 2 heterocycles. The van der Waals surface area contributed by atoms with Gasteiger partial charge in [-0.05, 0) is 57.4 Å². The summed E-state index contributed by atoms with van der Waals surface area (Å²) in [5.74, 6) is 2.07. The number of halogens is 1. The Kier molecular flexibility index (Phi) is 8.31. The van der Waals surface area contributed by atoms with E-state index in [9.17, 15) is 9.18 Å². The lowest BCUT2D eigenvalue weighted by atomic mass is 10.1. The Morgan fingerprint density at radius 2 is 1.97 bits per heavy atom. The van der Waals surface area contributed by atoms with Crippen LogP contribution in [-0.2, 0) is 11.2 Å². The smallest absolute Gasteiger partial charge is 0.227 e. The van der Waals surface area contributed by atoms with E-state index in [1.165, 1.54) is 12.8 Å². The first kappa shape index (κ1) is 23.7. The number of likely N-dealkylation sites (N-methyl/N-ethyl adjacent to an activating group) is 1. The molecule has 1 aromatic heterocycles. The number of unbranched alkanes of at least 4 members (excludes halogenated alkanes) is 2. The van der Waals surface area contributed by atoms with E-state index in [1.807, 2.05) is 17.0 Å². The monoisotopic (exact) mass is 457 g/mol. The van der Waals surface area contributed by atoms with Crippen LogP contribution in [0.1, 0.15) is 62.6 Å². The van der Waals surface area contributed by atoms with E-state index >= 15 is 0 Å². The molecule has 1 aliphatic heterocycles. The Balaban J connectivity index is 1.32. The Hall–Kier alpha value is -2.48. The van der Waals surface area contributed by atoms with Crippen LogP contribution in [0.3, 0.4) is 0 Å². The van der Waals surface area contributed by atoms with Crippen molar-refractivity contribution in [2.24, 2.45) is 0 Å². The summed E-state index contributed by atoms with van der Waals surface area (Å²) in [6.07, 6.45) is 6.40. The van der Waals surface area contributed by atoms with Gasteiger partial charge in [-0.25, -0.2) is 0 Å². The zero-order valence-electron chi connectivity index (χ0n) is 19.7. The van der Waals surface area contributed by atoms with Crippen LogP contribution in [0.5, 0.6) is 0 Å². The molecule has 7 nitrogen and oxygen atoms in total. The fourth-order valence-corrected chi connectivity index (χ4v) is 4.27. The minimum atomic E-state index is -0.464. The molecule has 0 unspecified atom stereocenters. The van der Waals surface area contributed by atoms with Gasteiger partial charge in [0.2, 0.25) is 11.8 Å². The molecule has 1 aliphatic carbocycles. The van der Waals surface area contributed by atoms with Crippen LogP contribution in [0.4, 0.5) is 15.8 Å². The third kappa shape index (κ3) is 6.76. The van der Waals surface area contributed by atoms with Gasteiger partial charge >= 0.3 is 0 Å². The lowest BCUT2D eigenvalue weighted by Gasteiger charge is -2.34. The number of carbonyl (C=O) groups is 1. The molecule has 1 saturated heterocycles. The minimum absolute atomic E-state index is 0.00541. The van der Waals surface area contributed by atoms with Gasteiger partial charge in [-0.15, -0.1) is 0 Å². The highest BCUT2D eigenvalue weighted by atomic mass is 19.1. The maximum atomic E-state index is 12.9. The predicted octanol–water partition coefficient (Wildman–Crippen LogP) is 4.19. The summed E-state index contributed by atoms with van der Waals surface area (Å²) in [6, 6.07) is 8.23. The number of aryl methyl sites for hydroxylation is 1. The predicted molar refractivity (Wildman–Crippen MR) is 128 cm³/mol. The molecule has 8 heteroatoms. The van der Waals surface area contributed by atoms with E-state index in [0.717, 1.165) is 69.1 Å². The number of amides is 1. The lowest BCUT2D eigenvalue weighted by molar-refractivity contribution is -0.118. The molecule has 0 bridgehead atoms. The van der Waals surface area contributed by atoms with E-state index in [4.69, 9.17) is 4.52 Å². The summed E-state index contributed by atoms with van der Waals surface area (Å²) < 4.78 is 18.1. The van der Waals surface area contributed by atoms with Crippen LogP contribution in [-0.4, -0.2) is 67.4 Å². The second-order valence-electron chi connectivity index (χ2n) is 9.28. The molecular formula is C25H36FN5O2. The normalized spacial score (nSPS) is 16.8. The first-order chi connectivity index (χ1) is 16.1. The first-order valence-corrected chi connectivity index (χ1v) is 12.4. The molecule has 2 fully saturated rings. The van der Waals surface area contributed by atoms with E-state index < -0.39 is 6.67 Å². The van der Waals surface area contributed by atoms with E-state index in [-0.39, 0.29) is 18.7 Å². The van der Waals surface area contributed by atoms with E-state index in [2.05, 4.69) is 39.1 Å². The van der Waals surface area contributed by atoms with Crippen molar-refractivity contribution in [1.82, 2.24) is 15.0 Å². The van der Waals surface area contributed by atoms with Crippen molar-refractivity contribution in [3.05, 3.63) is 36.0 Å². The van der Waals surface area contributed by atoms with Gasteiger partial charge in [-0.3, -0.25) is 9.18 Å². The molecule has 0 spiro atoms. The highest BCUT2D eigenvalue weighted by molar-refractivity contribution is 5.93. The summed E-state index contributed by atoms with van der Waals surface area (Å²) >= 11 is 0. The number of benzene rings is 1. The number of alkyl halides is 1. The van der Waals surface area contributed by atoms with Crippen molar-refractivity contribution in [2.75, 3.05) is 56.2 Å². The molecule has 1 amide bonds. The Morgan fingerprint density at radius 3 is 2.73 bits per heavy atom. The van der Waals surface area contributed by atoms with E-state index in [0.29, 0.717) is 18.4 Å². The Morgan fingerprint density at radius 1 is 1.15 bits per heavy atom. The third-order valence-electron chi connectivity index (χ3n) is 6.53. The lowest BCUT2D eigenvalue weighted by Crippen LogP contribution is -2.44. The molecule has 2 aliphatic rings. The highest BCUT2D eigenvalue weighted by Gasteiger charge is 2.28. The molecule has 33 heavy (non-hydrogen) atoms. The van der Waals surface area contributed by atoms with Crippen molar-refractivity contribution >= 4 is 17.3 Å². The van der Waals surface area contributed by atoms with Gasteiger partial charge < -0.3 is 19.2 Å². The maximum absolute atomic E-state index is 12.9. The van der Waals surface area contributed by atoms with Crippen LogP contribution < -0.4 is 9.80 Å². The third-order valence-corrected chi connectivity index (χ3v) is 6.53. The fourth-order valence-electron chi connectivity index (χ4n) is 4.27. The van der Waals surface area contributed by atoms with Crippen LogP contribution >= 0.6 is 0 Å². The molecular weight excluding hydrogens is 421 g/mol. The zero-order chi connectivity index (χ0) is 23.0. The average Bonchev–Trinajstić information content (AvgIpc) is 3.58. The van der Waals surface area contributed by atoms with Crippen molar-refractivity contribution < 1.29 is 13.7 Å². The number of hydrogen-bond donors (Lipinski definition) is 0. The number of aromatic nitrogens is 2. The molecule has 2 aromatic rings. The number of nitrogens with zero attached hydrogens (tertiary/aromatic N) is 5. The second-order valence-corrected chi connectivity index (χ2v) is 9.28. The summed E-state index contributed by atoms with van der Waals surface area (Å²) in [5, 5.41) is 4.07. The topological polar surface area (TPSA) is 65.7 Å². The highest BCUT2D eigenvalue weighted by Crippen LogP contribution is 2.38. The van der Waals surface area contributed by atoms with Crippen molar-refractivity contribution in [3.63, 3.8) is 0 Å². The number of carbonyl (C=O) groups excluding carboxylic acids is 1. The van der Waals surface area contributed by atoms with Gasteiger partial charge in [-0.2, -0.15) is 4.98 Å². The van der Waals surface area contributed by atoms with Crippen molar-refractivity contribution in [2.45, 2.75) is 57.3 Å². The van der Waals surface area contributed by atoms with Crippen LogP contribution in [0.15, 0.2) is 28.8 Å². The number of anilines is 2. The molecule has 0 atom stereocenters.